The van der Waals surface area contributed by atoms with Crippen LogP contribution in [-0.4, -0.2) is 5.91 Å². The molecule has 0 radical (unpaired) electrons. The van der Waals surface area contributed by atoms with E-state index in [1.807, 2.05) is 0 Å². The van der Waals surface area contributed by atoms with E-state index in [9.17, 15) is 9.18 Å². The molecule has 0 atom stereocenters. The van der Waals surface area contributed by atoms with Gasteiger partial charge in [-0.15, -0.1) is 0 Å². The van der Waals surface area contributed by atoms with E-state index in [1.165, 1.54) is 12.1 Å². The molecule has 5 heteroatoms. The first kappa shape index (κ1) is 12.3. The Labute approximate surface area is 104 Å². The highest BCUT2D eigenvalue weighted by Gasteiger charge is 2.09. The number of hydrogen-bond donors (Lipinski definition) is 2. The van der Waals surface area contributed by atoms with Crippen LogP contribution in [0.2, 0.25) is 0 Å². The maximum atomic E-state index is 12.7. The number of furan rings is 1. The van der Waals surface area contributed by atoms with E-state index in [-0.39, 0.29) is 24.0 Å². The van der Waals surface area contributed by atoms with Gasteiger partial charge in [-0.05, 0) is 29.8 Å². The summed E-state index contributed by atoms with van der Waals surface area (Å²) < 4.78 is 17.9. The molecule has 3 N–H and O–H groups in total. The van der Waals surface area contributed by atoms with Crippen molar-refractivity contribution in [3.8, 4) is 0 Å². The lowest BCUT2D eigenvalue weighted by Gasteiger charge is -2.03. The van der Waals surface area contributed by atoms with Crippen LogP contribution in [-0.2, 0) is 13.1 Å². The van der Waals surface area contributed by atoms with Crippen molar-refractivity contribution in [2.45, 2.75) is 13.1 Å². The molecule has 1 heterocycles. The zero-order valence-electron chi connectivity index (χ0n) is 9.65. The molecular weight excluding hydrogens is 235 g/mol. The molecule has 1 amide bonds. The molecule has 2 rings (SSSR count). The minimum absolute atomic E-state index is 0.220. The monoisotopic (exact) mass is 248 g/mol. The summed E-state index contributed by atoms with van der Waals surface area (Å²) in [4.78, 5) is 11.7. The predicted molar refractivity (Wildman–Crippen MR) is 64.2 cm³/mol. The number of carbonyl (C=O) groups is 1. The molecule has 4 nitrogen and oxygen atoms in total. The van der Waals surface area contributed by atoms with Gasteiger partial charge < -0.3 is 15.5 Å². The fourth-order valence-electron chi connectivity index (χ4n) is 1.48. The fourth-order valence-corrected chi connectivity index (χ4v) is 1.48. The van der Waals surface area contributed by atoms with E-state index in [1.54, 1.807) is 24.3 Å². The molecule has 0 saturated heterocycles. The number of rotatable bonds is 4. The van der Waals surface area contributed by atoms with Crippen LogP contribution >= 0.6 is 0 Å². The van der Waals surface area contributed by atoms with Crippen LogP contribution in [0, 0.1) is 5.82 Å². The van der Waals surface area contributed by atoms with Crippen LogP contribution in [0.3, 0.4) is 0 Å². The standard InChI is InChI=1S/C13H13FN2O2/c14-10-3-1-9(2-4-10)8-16-13(17)12-6-5-11(7-15)18-12/h1-6H,7-8,15H2,(H,16,17). The molecule has 18 heavy (non-hydrogen) atoms. The molecule has 0 spiro atoms. The first-order chi connectivity index (χ1) is 8.69. The van der Waals surface area contributed by atoms with Crippen LogP contribution in [0.5, 0.6) is 0 Å². The molecule has 0 aliphatic heterocycles. The summed E-state index contributed by atoms with van der Waals surface area (Å²) in [5.74, 6) is 0.155. The summed E-state index contributed by atoms with van der Waals surface area (Å²) in [5, 5.41) is 2.68. The van der Waals surface area contributed by atoms with Gasteiger partial charge in [-0.25, -0.2) is 4.39 Å². The first-order valence-corrected chi connectivity index (χ1v) is 5.50. The van der Waals surface area contributed by atoms with Crippen molar-refractivity contribution in [2.75, 3.05) is 0 Å². The Morgan fingerprint density at radius 2 is 1.94 bits per heavy atom. The number of amides is 1. The number of carbonyl (C=O) groups excluding carboxylic acids is 1. The van der Waals surface area contributed by atoms with Gasteiger partial charge >= 0.3 is 0 Å². The van der Waals surface area contributed by atoms with Crippen molar-refractivity contribution >= 4 is 5.91 Å². The molecular formula is C13H13FN2O2. The molecule has 0 aliphatic rings. The number of halogens is 1. The normalized spacial score (nSPS) is 10.3. The summed E-state index contributed by atoms with van der Waals surface area (Å²) in [6.07, 6.45) is 0. The molecule has 0 aliphatic carbocycles. The Hall–Kier alpha value is -2.14. The van der Waals surface area contributed by atoms with Crippen molar-refractivity contribution in [3.63, 3.8) is 0 Å². The van der Waals surface area contributed by atoms with Crippen molar-refractivity contribution in [1.29, 1.82) is 0 Å². The van der Waals surface area contributed by atoms with Gasteiger partial charge in [0.1, 0.15) is 11.6 Å². The lowest BCUT2D eigenvalue weighted by molar-refractivity contribution is 0.0921. The second kappa shape index (κ2) is 5.46. The van der Waals surface area contributed by atoms with Crippen LogP contribution in [0.4, 0.5) is 4.39 Å². The van der Waals surface area contributed by atoms with E-state index in [0.717, 1.165) is 5.56 Å². The fraction of sp³-hybridized carbons (Fsp3) is 0.154. The SMILES string of the molecule is NCc1ccc(C(=O)NCc2ccc(F)cc2)o1. The van der Waals surface area contributed by atoms with Crippen LogP contribution < -0.4 is 11.1 Å². The first-order valence-electron chi connectivity index (χ1n) is 5.50. The van der Waals surface area contributed by atoms with Crippen molar-refractivity contribution < 1.29 is 13.6 Å². The Bertz CT molecular complexity index is 534. The average molecular weight is 248 g/mol. The third kappa shape index (κ3) is 2.95. The summed E-state index contributed by atoms with van der Waals surface area (Å²) in [6, 6.07) is 9.16. The molecule has 0 fully saturated rings. The van der Waals surface area contributed by atoms with E-state index in [2.05, 4.69) is 5.32 Å². The molecule has 0 unspecified atom stereocenters. The van der Waals surface area contributed by atoms with Gasteiger partial charge in [0.25, 0.3) is 5.91 Å². The van der Waals surface area contributed by atoms with Gasteiger partial charge in [-0.3, -0.25) is 4.79 Å². The van der Waals surface area contributed by atoms with E-state index < -0.39 is 0 Å². The lowest BCUT2D eigenvalue weighted by atomic mass is 10.2. The Morgan fingerprint density at radius 1 is 1.22 bits per heavy atom. The van der Waals surface area contributed by atoms with Crippen molar-refractivity contribution in [1.82, 2.24) is 5.32 Å². The second-order valence-corrected chi connectivity index (χ2v) is 3.78. The lowest BCUT2D eigenvalue weighted by Crippen LogP contribution is -2.22. The number of benzene rings is 1. The van der Waals surface area contributed by atoms with Crippen LogP contribution in [0.15, 0.2) is 40.8 Å². The van der Waals surface area contributed by atoms with Gasteiger partial charge in [0.15, 0.2) is 5.76 Å². The highest BCUT2D eigenvalue weighted by Crippen LogP contribution is 2.07. The summed E-state index contributed by atoms with van der Waals surface area (Å²) in [7, 11) is 0. The Balaban J connectivity index is 1.93. The third-order valence-electron chi connectivity index (χ3n) is 2.45. The zero-order chi connectivity index (χ0) is 13.0. The molecule has 94 valence electrons. The van der Waals surface area contributed by atoms with E-state index >= 15 is 0 Å². The number of nitrogens with two attached hydrogens (primary N) is 1. The van der Waals surface area contributed by atoms with Gasteiger partial charge in [0, 0.05) is 6.54 Å². The predicted octanol–water partition coefficient (Wildman–Crippen LogP) is 1.81. The third-order valence-corrected chi connectivity index (χ3v) is 2.45. The molecule has 1 aromatic carbocycles. The maximum Gasteiger partial charge on any atom is 0.287 e. The highest BCUT2D eigenvalue weighted by molar-refractivity contribution is 5.91. The number of hydrogen-bond acceptors (Lipinski definition) is 3. The van der Waals surface area contributed by atoms with Crippen molar-refractivity contribution in [2.24, 2.45) is 5.73 Å². The number of nitrogens with one attached hydrogen (secondary N) is 1. The zero-order valence-corrected chi connectivity index (χ0v) is 9.65. The summed E-state index contributed by atoms with van der Waals surface area (Å²) >= 11 is 0. The smallest absolute Gasteiger partial charge is 0.287 e. The molecule has 0 bridgehead atoms. The van der Waals surface area contributed by atoms with Gasteiger partial charge in [0.2, 0.25) is 0 Å². The minimum atomic E-state index is -0.320. The summed E-state index contributed by atoms with van der Waals surface area (Å²) in [5.41, 5.74) is 6.20. The van der Waals surface area contributed by atoms with Crippen molar-refractivity contribution in [3.05, 3.63) is 59.3 Å². The van der Waals surface area contributed by atoms with Gasteiger partial charge in [-0.2, -0.15) is 0 Å². The van der Waals surface area contributed by atoms with E-state index in [4.69, 9.17) is 10.2 Å². The summed E-state index contributed by atoms with van der Waals surface area (Å²) in [6.45, 7) is 0.572. The molecule has 1 aromatic heterocycles. The Kier molecular flexibility index (Phi) is 3.74. The molecule has 2 aromatic rings. The maximum absolute atomic E-state index is 12.7. The van der Waals surface area contributed by atoms with Crippen LogP contribution in [0.1, 0.15) is 21.9 Å². The van der Waals surface area contributed by atoms with Gasteiger partial charge in [0.05, 0.1) is 6.54 Å². The second-order valence-electron chi connectivity index (χ2n) is 3.78. The largest absolute Gasteiger partial charge is 0.455 e. The quantitative estimate of drug-likeness (QED) is 0.867. The topological polar surface area (TPSA) is 68.3 Å². The van der Waals surface area contributed by atoms with E-state index in [0.29, 0.717) is 12.3 Å². The minimum Gasteiger partial charge on any atom is -0.455 e. The van der Waals surface area contributed by atoms with Gasteiger partial charge in [-0.1, -0.05) is 12.1 Å². The van der Waals surface area contributed by atoms with Crippen LogP contribution in [0.25, 0.3) is 0 Å². The highest BCUT2D eigenvalue weighted by atomic mass is 19.1. The molecule has 0 saturated carbocycles. The Morgan fingerprint density at radius 3 is 2.56 bits per heavy atom. The average Bonchev–Trinajstić information content (AvgIpc) is 2.86.